The van der Waals surface area contributed by atoms with Crippen LogP contribution in [0.1, 0.15) is 18.9 Å². The van der Waals surface area contributed by atoms with Gasteiger partial charge in [-0.25, -0.2) is 0 Å². The molecule has 18 heavy (non-hydrogen) atoms. The average molecular weight is 331 g/mol. The number of amides is 1. The molecule has 0 aliphatic rings. The summed E-state index contributed by atoms with van der Waals surface area (Å²) in [6.45, 7) is 2.06. The van der Waals surface area contributed by atoms with Crippen molar-refractivity contribution in [1.29, 1.82) is 0 Å². The zero-order valence-electron chi connectivity index (χ0n) is 10.7. The molecule has 1 atom stereocenters. The van der Waals surface area contributed by atoms with Crippen molar-refractivity contribution >= 4 is 39.3 Å². The van der Waals surface area contributed by atoms with Crippen molar-refractivity contribution in [2.45, 2.75) is 25.8 Å². The number of thioether (sulfide) groups is 1. The quantitative estimate of drug-likeness (QED) is 0.842. The molecule has 0 heterocycles. The Kier molecular flexibility index (Phi) is 6.75. The van der Waals surface area contributed by atoms with Crippen LogP contribution in [-0.2, 0) is 11.2 Å². The molecule has 1 aromatic carbocycles. The first-order chi connectivity index (χ1) is 8.58. The molecular formula is C13H19BrN2OS. The van der Waals surface area contributed by atoms with Crippen LogP contribution in [0, 0.1) is 0 Å². The van der Waals surface area contributed by atoms with Gasteiger partial charge in [0.2, 0.25) is 5.91 Å². The van der Waals surface area contributed by atoms with Gasteiger partial charge in [0.25, 0.3) is 0 Å². The van der Waals surface area contributed by atoms with E-state index in [0.29, 0.717) is 6.42 Å². The lowest BCUT2D eigenvalue weighted by atomic mass is 10.1. The van der Waals surface area contributed by atoms with Crippen molar-refractivity contribution in [2.24, 2.45) is 5.73 Å². The SMILES string of the molecule is CCc1cc(Br)ccc1NC(=O)[C@@H](N)CCSC. The highest BCUT2D eigenvalue weighted by atomic mass is 79.9. The number of hydrogen-bond acceptors (Lipinski definition) is 3. The van der Waals surface area contributed by atoms with Gasteiger partial charge >= 0.3 is 0 Å². The van der Waals surface area contributed by atoms with Crippen molar-refractivity contribution in [3.63, 3.8) is 0 Å². The molecule has 0 fully saturated rings. The van der Waals surface area contributed by atoms with Crippen LogP contribution in [0.4, 0.5) is 5.69 Å². The van der Waals surface area contributed by atoms with Crippen molar-refractivity contribution < 1.29 is 4.79 Å². The Morgan fingerprint density at radius 2 is 2.28 bits per heavy atom. The number of rotatable bonds is 6. The number of carbonyl (C=O) groups excluding carboxylic acids is 1. The molecule has 3 N–H and O–H groups in total. The van der Waals surface area contributed by atoms with Crippen LogP contribution in [0.25, 0.3) is 0 Å². The fraction of sp³-hybridized carbons (Fsp3) is 0.462. The Balaban J connectivity index is 2.69. The molecule has 0 bridgehead atoms. The summed E-state index contributed by atoms with van der Waals surface area (Å²) in [7, 11) is 0. The van der Waals surface area contributed by atoms with Gasteiger partial charge in [-0.2, -0.15) is 11.8 Å². The minimum absolute atomic E-state index is 0.110. The zero-order chi connectivity index (χ0) is 13.5. The van der Waals surface area contributed by atoms with E-state index in [-0.39, 0.29) is 5.91 Å². The molecule has 0 spiro atoms. The molecule has 3 nitrogen and oxygen atoms in total. The summed E-state index contributed by atoms with van der Waals surface area (Å²) in [6.07, 6.45) is 3.58. The summed E-state index contributed by atoms with van der Waals surface area (Å²) in [6, 6.07) is 5.40. The normalized spacial score (nSPS) is 12.2. The lowest BCUT2D eigenvalue weighted by Crippen LogP contribution is -2.36. The molecule has 1 rings (SSSR count). The molecule has 0 radical (unpaired) electrons. The summed E-state index contributed by atoms with van der Waals surface area (Å²) in [5.41, 5.74) is 7.80. The van der Waals surface area contributed by atoms with Crippen LogP contribution < -0.4 is 11.1 Å². The molecule has 0 saturated carbocycles. The van der Waals surface area contributed by atoms with Gasteiger partial charge in [-0.15, -0.1) is 0 Å². The lowest BCUT2D eigenvalue weighted by molar-refractivity contribution is -0.117. The fourth-order valence-electron chi connectivity index (χ4n) is 1.58. The largest absolute Gasteiger partial charge is 0.324 e. The van der Waals surface area contributed by atoms with Crippen LogP contribution in [0.15, 0.2) is 22.7 Å². The standard InChI is InChI=1S/C13H19BrN2OS/c1-3-9-8-10(14)4-5-12(9)16-13(17)11(15)6-7-18-2/h4-5,8,11H,3,6-7,15H2,1-2H3,(H,16,17)/t11-/m0/s1. The average Bonchev–Trinajstić information content (AvgIpc) is 2.37. The van der Waals surface area contributed by atoms with Gasteiger partial charge in [0.05, 0.1) is 6.04 Å². The first kappa shape index (κ1) is 15.5. The van der Waals surface area contributed by atoms with E-state index < -0.39 is 6.04 Å². The second kappa shape index (κ2) is 7.81. The Morgan fingerprint density at radius 3 is 2.89 bits per heavy atom. The first-order valence-corrected chi connectivity index (χ1v) is 8.11. The number of anilines is 1. The van der Waals surface area contributed by atoms with Crippen LogP contribution in [0.3, 0.4) is 0 Å². The first-order valence-electron chi connectivity index (χ1n) is 5.92. The molecular weight excluding hydrogens is 312 g/mol. The third kappa shape index (κ3) is 4.63. The molecule has 1 amide bonds. The van der Waals surface area contributed by atoms with Gasteiger partial charge in [-0.1, -0.05) is 22.9 Å². The monoisotopic (exact) mass is 330 g/mol. The Bertz CT molecular complexity index is 412. The number of halogens is 1. The maximum absolute atomic E-state index is 11.9. The highest BCUT2D eigenvalue weighted by Gasteiger charge is 2.14. The minimum atomic E-state index is -0.439. The smallest absolute Gasteiger partial charge is 0.241 e. The molecule has 0 aliphatic heterocycles. The van der Waals surface area contributed by atoms with Crippen molar-refractivity contribution in [2.75, 3.05) is 17.3 Å². The highest BCUT2D eigenvalue weighted by Crippen LogP contribution is 2.21. The van der Waals surface area contributed by atoms with Crippen molar-refractivity contribution in [3.05, 3.63) is 28.2 Å². The van der Waals surface area contributed by atoms with Gasteiger partial charge < -0.3 is 11.1 Å². The van der Waals surface area contributed by atoms with E-state index in [1.54, 1.807) is 11.8 Å². The van der Waals surface area contributed by atoms with Gasteiger partial charge in [0, 0.05) is 10.2 Å². The molecule has 0 aromatic heterocycles. The van der Waals surface area contributed by atoms with E-state index in [9.17, 15) is 4.79 Å². The van der Waals surface area contributed by atoms with Crippen molar-refractivity contribution in [3.8, 4) is 0 Å². The summed E-state index contributed by atoms with van der Waals surface area (Å²) < 4.78 is 1.02. The highest BCUT2D eigenvalue weighted by molar-refractivity contribution is 9.10. The number of hydrogen-bond donors (Lipinski definition) is 2. The lowest BCUT2D eigenvalue weighted by Gasteiger charge is -2.14. The molecule has 5 heteroatoms. The van der Waals surface area contributed by atoms with Gasteiger partial charge in [0.1, 0.15) is 0 Å². The Morgan fingerprint density at radius 1 is 1.56 bits per heavy atom. The number of nitrogens with one attached hydrogen (secondary N) is 1. The van der Waals surface area contributed by atoms with E-state index in [2.05, 4.69) is 28.2 Å². The summed E-state index contributed by atoms with van der Waals surface area (Å²) >= 11 is 5.12. The van der Waals surface area contributed by atoms with Crippen LogP contribution in [0.2, 0.25) is 0 Å². The second-order valence-electron chi connectivity index (χ2n) is 4.03. The van der Waals surface area contributed by atoms with Gasteiger partial charge in [-0.3, -0.25) is 4.79 Å². The molecule has 100 valence electrons. The topological polar surface area (TPSA) is 55.1 Å². The Labute approximate surface area is 121 Å². The second-order valence-corrected chi connectivity index (χ2v) is 5.93. The van der Waals surface area contributed by atoms with Gasteiger partial charge in [-0.05, 0) is 48.6 Å². The van der Waals surface area contributed by atoms with Crippen molar-refractivity contribution in [1.82, 2.24) is 0 Å². The predicted octanol–water partition coefficient (Wildman–Crippen LogP) is 3.03. The van der Waals surface area contributed by atoms with Crippen LogP contribution >= 0.6 is 27.7 Å². The Hall–Kier alpha value is -0.520. The summed E-state index contributed by atoms with van der Waals surface area (Å²) in [4.78, 5) is 11.9. The number of aryl methyl sites for hydroxylation is 1. The molecule has 0 saturated heterocycles. The van der Waals surface area contributed by atoms with E-state index in [1.807, 2.05) is 24.5 Å². The van der Waals surface area contributed by atoms with E-state index >= 15 is 0 Å². The van der Waals surface area contributed by atoms with Crippen LogP contribution in [-0.4, -0.2) is 24.0 Å². The maximum atomic E-state index is 11.9. The summed E-state index contributed by atoms with van der Waals surface area (Å²) in [5, 5.41) is 2.90. The zero-order valence-corrected chi connectivity index (χ0v) is 13.1. The van der Waals surface area contributed by atoms with Gasteiger partial charge in [0.15, 0.2) is 0 Å². The predicted molar refractivity (Wildman–Crippen MR) is 83.1 cm³/mol. The fourth-order valence-corrected chi connectivity index (χ4v) is 2.48. The van der Waals surface area contributed by atoms with Crippen LogP contribution in [0.5, 0.6) is 0 Å². The molecule has 0 aliphatic carbocycles. The molecule has 0 unspecified atom stereocenters. The third-order valence-electron chi connectivity index (χ3n) is 2.68. The number of nitrogens with two attached hydrogens (primary N) is 1. The molecule has 1 aromatic rings. The minimum Gasteiger partial charge on any atom is -0.324 e. The summed E-state index contributed by atoms with van der Waals surface area (Å²) in [5.74, 6) is 0.788. The number of benzene rings is 1. The number of carbonyl (C=O) groups is 1. The van der Waals surface area contributed by atoms with E-state index in [0.717, 1.165) is 27.9 Å². The van der Waals surface area contributed by atoms with E-state index in [4.69, 9.17) is 5.73 Å². The maximum Gasteiger partial charge on any atom is 0.241 e. The van der Waals surface area contributed by atoms with E-state index in [1.165, 1.54) is 0 Å². The third-order valence-corrected chi connectivity index (χ3v) is 3.81.